The van der Waals surface area contributed by atoms with E-state index >= 15 is 0 Å². The first-order chi connectivity index (χ1) is 14.7. The summed E-state index contributed by atoms with van der Waals surface area (Å²) in [4.78, 5) is 29.2. The predicted octanol–water partition coefficient (Wildman–Crippen LogP) is 4.34. The second-order valence-electron chi connectivity index (χ2n) is 7.95. The molecule has 7 heteroatoms. The smallest absolute Gasteiger partial charge is 0.319 e. The van der Waals surface area contributed by atoms with Gasteiger partial charge in [0, 0.05) is 50.2 Å². The predicted molar refractivity (Wildman–Crippen MR) is 126 cm³/mol. The highest BCUT2D eigenvalue weighted by atomic mass is 16.5. The van der Waals surface area contributed by atoms with E-state index in [9.17, 15) is 9.59 Å². The molecule has 0 saturated heterocycles. The fourth-order valence-electron chi connectivity index (χ4n) is 3.30. The van der Waals surface area contributed by atoms with E-state index in [0.29, 0.717) is 30.1 Å². The largest absolute Gasteiger partial charge is 0.497 e. The first kappa shape index (κ1) is 24.1. The number of nitrogens with zero attached hydrogens (tertiary/aromatic N) is 2. The third-order valence-corrected chi connectivity index (χ3v) is 4.72. The van der Waals surface area contributed by atoms with E-state index in [0.717, 1.165) is 17.7 Å². The highest BCUT2D eigenvalue weighted by Gasteiger charge is 2.18. The van der Waals surface area contributed by atoms with Crippen LogP contribution >= 0.6 is 0 Å². The molecule has 0 radical (unpaired) electrons. The average Bonchev–Trinajstić information content (AvgIpc) is 2.72. The van der Waals surface area contributed by atoms with Crippen molar-refractivity contribution in [2.24, 2.45) is 0 Å². The van der Waals surface area contributed by atoms with Crippen molar-refractivity contribution in [1.29, 1.82) is 0 Å². The molecule has 2 N–H and O–H groups in total. The summed E-state index contributed by atoms with van der Waals surface area (Å²) in [6.07, 6.45) is 0.841. The van der Waals surface area contributed by atoms with E-state index in [1.54, 1.807) is 31.4 Å². The lowest BCUT2D eigenvalue weighted by Crippen LogP contribution is -2.34. The number of benzene rings is 2. The van der Waals surface area contributed by atoms with Gasteiger partial charge in [-0.3, -0.25) is 4.79 Å². The maximum atomic E-state index is 13.2. The molecule has 0 bridgehead atoms. The van der Waals surface area contributed by atoms with Gasteiger partial charge < -0.3 is 25.2 Å². The Morgan fingerprint density at radius 1 is 1.06 bits per heavy atom. The molecule has 0 heterocycles. The van der Waals surface area contributed by atoms with Crippen molar-refractivity contribution in [3.8, 4) is 5.75 Å². The Morgan fingerprint density at radius 3 is 2.29 bits per heavy atom. The summed E-state index contributed by atoms with van der Waals surface area (Å²) >= 11 is 0. The Hall–Kier alpha value is -3.22. The van der Waals surface area contributed by atoms with Crippen LogP contribution in [0.5, 0.6) is 5.75 Å². The SMILES string of the molecule is CCCN(Cc1cc(NC(=O)NC(C)C)ccc1N(C)C)C(=O)c1ccc(OC)cc1. The number of hydrogen-bond acceptors (Lipinski definition) is 4. The summed E-state index contributed by atoms with van der Waals surface area (Å²) in [6, 6.07) is 12.7. The Labute approximate surface area is 185 Å². The van der Waals surface area contributed by atoms with Crippen LogP contribution in [0.25, 0.3) is 0 Å². The number of methoxy groups -OCH3 is 1. The van der Waals surface area contributed by atoms with Crippen molar-refractivity contribution in [2.45, 2.75) is 39.8 Å². The van der Waals surface area contributed by atoms with Gasteiger partial charge in [-0.1, -0.05) is 6.92 Å². The molecule has 0 aliphatic rings. The quantitative estimate of drug-likeness (QED) is 0.625. The van der Waals surface area contributed by atoms with Gasteiger partial charge >= 0.3 is 6.03 Å². The molecule has 0 fully saturated rings. The van der Waals surface area contributed by atoms with Crippen LogP contribution < -0.4 is 20.3 Å². The number of carbonyl (C=O) groups excluding carboxylic acids is 2. The molecule has 168 valence electrons. The number of amides is 3. The zero-order valence-corrected chi connectivity index (χ0v) is 19.4. The van der Waals surface area contributed by atoms with Crippen LogP contribution in [-0.4, -0.2) is 50.6 Å². The highest BCUT2D eigenvalue weighted by molar-refractivity contribution is 5.94. The lowest BCUT2D eigenvalue weighted by Gasteiger charge is -2.26. The van der Waals surface area contributed by atoms with Gasteiger partial charge in [-0.15, -0.1) is 0 Å². The van der Waals surface area contributed by atoms with Gasteiger partial charge in [0.2, 0.25) is 0 Å². The van der Waals surface area contributed by atoms with Crippen LogP contribution in [0.15, 0.2) is 42.5 Å². The van der Waals surface area contributed by atoms with Gasteiger partial charge in [0.1, 0.15) is 5.75 Å². The van der Waals surface area contributed by atoms with Crippen molar-refractivity contribution < 1.29 is 14.3 Å². The van der Waals surface area contributed by atoms with E-state index in [4.69, 9.17) is 4.74 Å². The minimum Gasteiger partial charge on any atom is -0.497 e. The molecule has 2 rings (SSSR count). The lowest BCUT2D eigenvalue weighted by atomic mass is 10.1. The van der Waals surface area contributed by atoms with Crippen molar-refractivity contribution in [1.82, 2.24) is 10.2 Å². The van der Waals surface area contributed by atoms with E-state index in [1.165, 1.54) is 0 Å². The van der Waals surface area contributed by atoms with Gasteiger partial charge in [0.15, 0.2) is 0 Å². The highest BCUT2D eigenvalue weighted by Crippen LogP contribution is 2.25. The van der Waals surface area contributed by atoms with E-state index in [1.807, 2.05) is 55.9 Å². The zero-order valence-electron chi connectivity index (χ0n) is 19.4. The van der Waals surface area contributed by atoms with Crippen LogP contribution in [0.4, 0.5) is 16.2 Å². The van der Waals surface area contributed by atoms with Crippen molar-refractivity contribution in [3.05, 3.63) is 53.6 Å². The topological polar surface area (TPSA) is 73.9 Å². The third-order valence-electron chi connectivity index (χ3n) is 4.72. The number of hydrogen-bond donors (Lipinski definition) is 2. The summed E-state index contributed by atoms with van der Waals surface area (Å²) in [5.74, 6) is 0.678. The Morgan fingerprint density at radius 2 is 1.74 bits per heavy atom. The molecule has 0 aliphatic heterocycles. The molecule has 7 nitrogen and oxygen atoms in total. The number of rotatable bonds is 9. The molecule has 0 atom stereocenters. The third kappa shape index (κ3) is 6.91. The minimum absolute atomic E-state index is 0.0369. The van der Waals surface area contributed by atoms with Gasteiger partial charge in [0.25, 0.3) is 5.91 Å². The number of nitrogens with one attached hydrogen (secondary N) is 2. The Kier molecular flexibility index (Phi) is 8.73. The molecule has 0 saturated carbocycles. The Balaban J connectivity index is 2.30. The molecule has 0 unspecified atom stereocenters. The zero-order chi connectivity index (χ0) is 23.0. The van der Waals surface area contributed by atoms with Crippen LogP contribution in [0.3, 0.4) is 0 Å². The molecule has 0 aromatic heterocycles. The fraction of sp³-hybridized carbons (Fsp3) is 0.417. The van der Waals surface area contributed by atoms with Gasteiger partial charge in [-0.05, 0) is 68.3 Å². The summed E-state index contributed by atoms with van der Waals surface area (Å²) in [5.41, 5.74) is 3.26. The van der Waals surface area contributed by atoms with E-state index in [-0.39, 0.29) is 18.0 Å². The van der Waals surface area contributed by atoms with E-state index in [2.05, 4.69) is 17.6 Å². The van der Waals surface area contributed by atoms with Crippen LogP contribution in [0.2, 0.25) is 0 Å². The number of urea groups is 1. The summed E-state index contributed by atoms with van der Waals surface area (Å²) in [7, 11) is 5.53. The molecule has 0 aliphatic carbocycles. The molecular formula is C24H34N4O3. The van der Waals surface area contributed by atoms with Gasteiger partial charge in [-0.25, -0.2) is 4.79 Å². The maximum Gasteiger partial charge on any atom is 0.319 e. The maximum absolute atomic E-state index is 13.2. The lowest BCUT2D eigenvalue weighted by molar-refractivity contribution is 0.0743. The van der Waals surface area contributed by atoms with Crippen molar-refractivity contribution >= 4 is 23.3 Å². The molecule has 2 aromatic carbocycles. The fourth-order valence-corrected chi connectivity index (χ4v) is 3.30. The van der Waals surface area contributed by atoms with E-state index < -0.39 is 0 Å². The van der Waals surface area contributed by atoms with Crippen LogP contribution in [0, 0.1) is 0 Å². The number of ether oxygens (including phenoxy) is 1. The van der Waals surface area contributed by atoms with Crippen LogP contribution in [0.1, 0.15) is 43.1 Å². The summed E-state index contributed by atoms with van der Waals surface area (Å²) in [6.45, 7) is 6.94. The minimum atomic E-state index is -0.252. The Bertz CT molecular complexity index is 879. The van der Waals surface area contributed by atoms with Gasteiger partial charge in [-0.2, -0.15) is 0 Å². The monoisotopic (exact) mass is 426 g/mol. The second kappa shape index (κ2) is 11.2. The van der Waals surface area contributed by atoms with Crippen molar-refractivity contribution in [2.75, 3.05) is 38.0 Å². The first-order valence-electron chi connectivity index (χ1n) is 10.6. The van der Waals surface area contributed by atoms with Gasteiger partial charge in [0.05, 0.1) is 7.11 Å². The summed E-state index contributed by atoms with van der Waals surface area (Å²) in [5, 5.41) is 5.70. The molecule has 3 amide bonds. The molecule has 2 aromatic rings. The molecule has 31 heavy (non-hydrogen) atoms. The second-order valence-corrected chi connectivity index (χ2v) is 7.95. The summed E-state index contributed by atoms with van der Waals surface area (Å²) < 4.78 is 5.19. The van der Waals surface area contributed by atoms with Crippen LogP contribution in [-0.2, 0) is 6.54 Å². The average molecular weight is 427 g/mol. The molecule has 0 spiro atoms. The standard InChI is InChI=1S/C24H34N4O3/c1-7-14-28(23(29)18-8-11-21(31-6)12-9-18)16-19-15-20(10-13-22(19)27(4)5)26-24(30)25-17(2)3/h8-13,15,17H,7,14,16H2,1-6H3,(H2,25,26,30). The number of carbonyl (C=O) groups is 2. The first-order valence-corrected chi connectivity index (χ1v) is 10.6. The normalized spacial score (nSPS) is 10.5. The number of anilines is 2. The molecular weight excluding hydrogens is 392 g/mol. The van der Waals surface area contributed by atoms with Crippen molar-refractivity contribution in [3.63, 3.8) is 0 Å².